The minimum absolute atomic E-state index is 0.225. The third-order valence-corrected chi connectivity index (χ3v) is 6.27. The van der Waals surface area contributed by atoms with E-state index in [4.69, 9.17) is 9.47 Å². The molecule has 1 atom stereocenters. The molecule has 1 unspecified atom stereocenters. The summed E-state index contributed by atoms with van der Waals surface area (Å²) in [5.41, 5.74) is 4.36. The van der Waals surface area contributed by atoms with Crippen LogP contribution < -0.4 is 0 Å². The number of cyclic esters (lactones) is 1. The number of carbonyl (C=O) groups excluding carboxylic acids is 2. The number of aromatic nitrogens is 2. The molecule has 1 aliphatic rings. The standard InChI is InChI=1S/C26H20N2O5S/c1-2-32-24(29)17-10-8-16(9-11-17)14-20-23(18-12-13-21-22(15-18)28-34-27-21)25(30)33-26(20,31)19-6-4-3-5-7-19/h3-13,15,31H,2,14H2,1H3. The lowest BCUT2D eigenvalue weighted by molar-refractivity contribution is -0.185. The van der Waals surface area contributed by atoms with Crippen molar-refractivity contribution >= 4 is 40.3 Å². The first-order valence-corrected chi connectivity index (χ1v) is 11.5. The molecule has 1 N–H and O–H groups in total. The first-order valence-electron chi connectivity index (χ1n) is 10.7. The predicted molar refractivity (Wildman–Crippen MR) is 127 cm³/mol. The Balaban J connectivity index is 1.61. The number of aliphatic hydroxyl groups is 1. The van der Waals surface area contributed by atoms with E-state index >= 15 is 0 Å². The molecule has 0 saturated carbocycles. The molecule has 5 rings (SSSR count). The van der Waals surface area contributed by atoms with Crippen molar-refractivity contribution < 1.29 is 24.2 Å². The van der Waals surface area contributed by atoms with Crippen LogP contribution in [0.5, 0.6) is 0 Å². The van der Waals surface area contributed by atoms with E-state index in [2.05, 4.69) is 8.75 Å². The van der Waals surface area contributed by atoms with Gasteiger partial charge >= 0.3 is 11.9 Å². The number of rotatable bonds is 6. The number of hydrogen-bond acceptors (Lipinski definition) is 8. The molecule has 4 aromatic rings. The van der Waals surface area contributed by atoms with Crippen LogP contribution in [0.4, 0.5) is 0 Å². The van der Waals surface area contributed by atoms with E-state index in [0.717, 1.165) is 22.8 Å². The highest BCUT2D eigenvalue weighted by molar-refractivity contribution is 7.00. The highest BCUT2D eigenvalue weighted by atomic mass is 32.1. The van der Waals surface area contributed by atoms with Crippen molar-refractivity contribution in [2.75, 3.05) is 6.61 Å². The quantitative estimate of drug-likeness (QED) is 0.419. The van der Waals surface area contributed by atoms with Crippen molar-refractivity contribution in [2.45, 2.75) is 19.1 Å². The van der Waals surface area contributed by atoms with Crippen molar-refractivity contribution in [2.24, 2.45) is 0 Å². The summed E-state index contributed by atoms with van der Waals surface area (Å²) in [4.78, 5) is 25.1. The van der Waals surface area contributed by atoms with Gasteiger partial charge in [0.2, 0.25) is 0 Å². The summed E-state index contributed by atoms with van der Waals surface area (Å²) in [6, 6.07) is 21.0. The van der Waals surface area contributed by atoms with Crippen molar-refractivity contribution in [3.05, 3.63) is 101 Å². The highest BCUT2D eigenvalue weighted by Gasteiger charge is 2.48. The van der Waals surface area contributed by atoms with Crippen LogP contribution in [0.2, 0.25) is 0 Å². The molecule has 1 aromatic heterocycles. The Hall–Kier alpha value is -3.88. The Morgan fingerprint density at radius 1 is 1.03 bits per heavy atom. The Morgan fingerprint density at radius 2 is 1.76 bits per heavy atom. The molecule has 0 aliphatic carbocycles. The summed E-state index contributed by atoms with van der Waals surface area (Å²) in [6.07, 6.45) is 0.225. The lowest BCUT2D eigenvalue weighted by Crippen LogP contribution is -2.29. The summed E-state index contributed by atoms with van der Waals surface area (Å²) in [5, 5.41) is 11.7. The van der Waals surface area contributed by atoms with Gasteiger partial charge in [-0.3, -0.25) is 0 Å². The minimum Gasteiger partial charge on any atom is -0.462 e. The number of ether oxygens (including phenoxy) is 2. The van der Waals surface area contributed by atoms with Crippen molar-refractivity contribution in [3.63, 3.8) is 0 Å². The third-order valence-electron chi connectivity index (χ3n) is 5.71. The maximum Gasteiger partial charge on any atom is 0.342 e. The second kappa shape index (κ2) is 8.81. The maximum atomic E-state index is 13.1. The van der Waals surface area contributed by atoms with Gasteiger partial charge in [0.15, 0.2) is 0 Å². The smallest absolute Gasteiger partial charge is 0.342 e. The molecular weight excluding hydrogens is 452 g/mol. The van der Waals surface area contributed by atoms with Crippen molar-refractivity contribution in [1.82, 2.24) is 8.75 Å². The summed E-state index contributed by atoms with van der Waals surface area (Å²) >= 11 is 1.09. The van der Waals surface area contributed by atoms with Crippen LogP contribution in [0.3, 0.4) is 0 Å². The lowest BCUT2D eigenvalue weighted by Gasteiger charge is -2.25. The fourth-order valence-electron chi connectivity index (χ4n) is 4.05. The maximum absolute atomic E-state index is 13.1. The molecule has 170 valence electrons. The van der Waals surface area contributed by atoms with E-state index in [1.807, 2.05) is 6.07 Å². The molecule has 0 radical (unpaired) electrons. The lowest BCUT2D eigenvalue weighted by atomic mass is 9.88. The average molecular weight is 473 g/mol. The van der Waals surface area contributed by atoms with Crippen LogP contribution in [0.15, 0.2) is 78.4 Å². The molecule has 2 heterocycles. The molecule has 0 saturated heterocycles. The van der Waals surface area contributed by atoms with Gasteiger partial charge in [-0.2, -0.15) is 8.75 Å². The van der Waals surface area contributed by atoms with E-state index in [9.17, 15) is 14.7 Å². The number of fused-ring (bicyclic) bond motifs is 1. The predicted octanol–water partition coefficient (Wildman–Crippen LogP) is 4.27. The first-order chi connectivity index (χ1) is 16.5. The van der Waals surface area contributed by atoms with Crippen LogP contribution in [0.1, 0.15) is 34.0 Å². The van der Waals surface area contributed by atoms with E-state index in [0.29, 0.717) is 34.4 Å². The zero-order valence-electron chi connectivity index (χ0n) is 18.2. The van der Waals surface area contributed by atoms with Gasteiger partial charge < -0.3 is 14.6 Å². The Labute approximate surface area is 199 Å². The topological polar surface area (TPSA) is 98.6 Å². The fourth-order valence-corrected chi connectivity index (χ4v) is 4.57. The second-order valence-electron chi connectivity index (χ2n) is 7.82. The van der Waals surface area contributed by atoms with Crippen LogP contribution in [-0.4, -0.2) is 32.4 Å². The number of esters is 2. The van der Waals surface area contributed by atoms with Gasteiger partial charge in [0.05, 0.1) is 29.5 Å². The van der Waals surface area contributed by atoms with Crippen LogP contribution in [0.25, 0.3) is 16.6 Å². The second-order valence-corrected chi connectivity index (χ2v) is 8.34. The van der Waals surface area contributed by atoms with Gasteiger partial charge in [0.1, 0.15) is 11.0 Å². The number of nitrogens with zero attached hydrogens (tertiary/aromatic N) is 2. The van der Waals surface area contributed by atoms with E-state index in [-0.39, 0.29) is 12.0 Å². The largest absolute Gasteiger partial charge is 0.462 e. The van der Waals surface area contributed by atoms with Crippen molar-refractivity contribution in [1.29, 1.82) is 0 Å². The van der Waals surface area contributed by atoms with E-state index < -0.39 is 17.7 Å². The molecule has 0 amide bonds. The highest BCUT2D eigenvalue weighted by Crippen LogP contribution is 2.44. The number of hydrogen-bond donors (Lipinski definition) is 1. The van der Waals surface area contributed by atoms with Gasteiger partial charge in [-0.15, -0.1) is 0 Å². The number of benzene rings is 3. The van der Waals surface area contributed by atoms with Crippen LogP contribution >= 0.6 is 11.7 Å². The summed E-state index contributed by atoms with van der Waals surface area (Å²) < 4.78 is 19.1. The Bertz CT molecular complexity index is 1410. The minimum atomic E-state index is -1.93. The summed E-state index contributed by atoms with van der Waals surface area (Å²) in [5.74, 6) is -2.95. The van der Waals surface area contributed by atoms with Gasteiger partial charge in [-0.25, -0.2) is 9.59 Å². The molecular formula is C26H20N2O5S. The monoisotopic (exact) mass is 472 g/mol. The molecule has 0 bridgehead atoms. The van der Waals surface area contributed by atoms with Crippen LogP contribution in [0, 0.1) is 0 Å². The van der Waals surface area contributed by atoms with Gasteiger partial charge in [0.25, 0.3) is 5.79 Å². The normalized spacial score (nSPS) is 17.8. The molecule has 34 heavy (non-hydrogen) atoms. The van der Waals surface area contributed by atoms with Gasteiger partial charge in [-0.05, 0) is 42.3 Å². The number of carbonyl (C=O) groups is 2. The van der Waals surface area contributed by atoms with Gasteiger partial charge in [-0.1, -0.05) is 48.5 Å². The first kappa shape index (κ1) is 21.9. The Kier molecular flexibility index (Phi) is 5.69. The molecule has 1 aliphatic heterocycles. The molecule has 8 heteroatoms. The van der Waals surface area contributed by atoms with Gasteiger partial charge in [0, 0.05) is 17.6 Å². The molecule has 3 aromatic carbocycles. The van der Waals surface area contributed by atoms with Crippen LogP contribution in [-0.2, 0) is 26.5 Å². The fraction of sp³-hybridized carbons (Fsp3) is 0.154. The average Bonchev–Trinajstić information content (AvgIpc) is 3.42. The SMILES string of the molecule is CCOC(=O)c1ccc(CC2=C(c3ccc4nsnc4c3)C(=O)OC2(O)c2ccccc2)cc1. The van der Waals surface area contributed by atoms with E-state index in [1.54, 1.807) is 73.7 Å². The Morgan fingerprint density at radius 3 is 2.50 bits per heavy atom. The molecule has 0 fully saturated rings. The summed E-state index contributed by atoms with van der Waals surface area (Å²) in [6.45, 7) is 2.04. The third kappa shape index (κ3) is 3.87. The zero-order valence-corrected chi connectivity index (χ0v) is 19.0. The molecule has 7 nitrogen and oxygen atoms in total. The zero-order chi connectivity index (χ0) is 23.7. The van der Waals surface area contributed by atoms with Crippen molar-refractivity contribution in [3.8, 4) is 0 Å². The van der Waals surface area contributed by atoms with E-state index in [1.165, 1.54) is 0 Å². The molecule has 0 spiro atoms. The summed E-state index contributed by atoms with van der Waals surface area (Å²) in [7, 11) is 0.